The molecule has 0 spiro atoms. The second kappa shape index (κ2) is 5.92. The predicted octanol–water partition coefficient (Wildman–Crippen LogP) is 1.18. The van der Waals surface area contributed by atoms with Crippen LogP contribution in [0.2, 0.25) is 0 Å². The first-order valence-corrected chi connectivity index (χ1v) is 5.88. The molecule has 0 saturated carbocycles. The Labute approximate surface area is 120 Å². The lowest BCUT2D eigenvalue weighted by Crippen LogP contribution is -2.04. The van der Waals surface area contributed by atoms with E-state index in [1.54, 1.807) is 18.2 Å². The van der Waals surface area contributed by atoms with Crippen LogP contribution in [0.3, 0.4) is 0 Å². The number of benzene rings is 1. The average molecular weight is 288 g/mol. The van der Waals surface area contributed by atoms with Crippen molar-refractivity contribution in [2.24, 2.45) is 0 Å². The topological polar surface area (TPSA) is 110 Å². The van der Waals surface area contributed by atoms with Crippen molar-refractivity contribution in [1.29, 1.82) is 5.26 Å². The van der Waals surface area contributed by atoms with Crippen molar-refractivity contribution in [3.63, 3.8) is 0 Å². The third-order valence-electron chi connectivity index (χ3n) is 2.82. The second-order valence-corrected chi connectivity index (χ2v) is 3.98. The van der Waals surface area contributed by atoms with Gasteiger partial charge in [-0.05, 0) is 18.2 Å². The molecule has 108 valence electrons. The van der Waals surface area contributed by atoms with E-state index in [0.29, 0.717) is 17.1 Å². The molecule has 8 heteroatoms. The van der Waals surface area contributed by atoms with E-state index in [2.05, 4.69) is 10.3 Å². The molecule has 0 fully saturated rings. The summed E-state index contributed by atoms with van der Waals surface area (Å²) in [6, 6.07) is 6.81. The van der Waals surface area contributed by atoms with Gasteiger partial charge in [0.15, 0.2) is 17.2 Å². The Bertz CT molecular complexity index is 717. The number of carboxylic acids is 1. The third-order valence-corrected chi connectivity index (χ3v) is 2.82. The highest BCUT2D eigenvalue weighted by molar-refractivity contribution is 5.92. The molecule has 0 amide bonds. The van der Waals surface area contributed by atoms with Gasteiger partial charge in [-0.15, -0.1) is 5.10 Å². The van der Waals surface area contributed by atoms with Crippen molar-refractivity contribution in [2.75, 3.05) is 14.2 Å². The minimum Gasteiger partial charge on any atom is -0.493 e. The number of carbonyl (C=O) groups is 1. The molecule has 0 aliphatic carbocycles. The Kier molecular flexibility index (Phi) is 4.04. The number of hydrogen-bond donors (Lipinski definition) is 1. The van der Waals surface area contributed by atoms with E-state index in [9.17, 15) is 9.90 Å². The number of nitriles is 1. The van der Waals surface area contributed by atoms with Crippen LogP contribution < -0.4 is 9.47 Å². The molecule has 0 atom stereocenters. The summed E-state index contributed by atoms with van der Waals surface area (Å²) >= 11 is 0. The van der Waals surface area contributed by atoms with E-state index in [-0.39, 0.29) is 17.9 Å². The normalized spacial score (nSPS) is 9.95. The van der Waals surface area contributed by atoms with Gasteiger partial charge in [-0.2, -0.15) is 5.26 Å². The van der Waals surface area contributed by atoms with Crippen molar-refractivity contribution in [2.45, 2.75) is 6.54 Å². The molecule has 0 aliphatic heterocycles. The SMILES string of the molecule is COc1ccc(-c2c(C(=O)O)nnn2CC#N)cc1OC. The van der Waals surface area contributed by atoms with Gasteiger partial charge in [0, 0.05) is 5.56 Å². The lowest BCUT2D eigenvalue weighted by Gasteiger charge is -2.10. The van der Waals surface area contributed by atoms with Crippen molar-refractivity contribution in [1.82, 2.24) is 15.0 Å². The van der Waals surface area contributed by atoms with Crippen molar-refractivity contribution in [3.05, 3.63) is 23.9 Å². The number of aromatic nitrogens is 3. The van der Waals surface area contributed by atoms with E-state index in [4.69, 9.17) is 14.7 Å². The summed E-state index contributed by atoms with van der Waals surface area (Å²) < 4.78 is 11.5. The summed E-state index contributed by atoms with van der Waals surface area (Å²) in [4.78, 5) is 11.2. The van der Waals surface area contributed by atoms with Gasteiger partial charge < -0.3 is 14.6 Å². The molecule has 1 heterocycles. The maximum atomic E-state index is 11.2. The molecule has 2 rings (SSSR count). The summed E-state index contributed by atoms with van der Waals surface area (Å²) in [6.45, 7) is -0.107. The van der Waals surface area contributed by atoms with Gasteiger partial charge in [-0.1, -0.05) is 5.21 Å². The van der Waals surface area contributed by atoms with E-state index in [0.717, 1.165) is 0 Å². The van der Waals surface area contributed by atoms with Gasteiger partial charge in [0.25, 0.3) is 0 Å². The van der Waals surface area contributed by atoms with Crippen LogP contribution in [0.25, 0.3) is 11.3 Å². The maximum absolute atomic E-state index is 11.2. The van der Waals surface area contributed by atoms with E-state index in [1.807, 2.05) is 6.07 Å². The fourth-order valence-electron chi connectivity index (χ4n) is 1.90. The van der Waals surface area contributed by atoms with Crippen LogP contribution in [0.5, 0.6) is 11.5 Å². The predicted molar refractivity (Wildman–Crippen MR) is 71.1 cm³/mol. The fraction of sp³-hybridized carbons (Fsp3) is 0.231. The van der Waals surface area contributed by atoms with Crippen LogP contribution in [0.1, 0.15) is 10.5 Å². The molecular formula is C13H12N4O4. The third kappa shape index (κ3) is 2.62. The number of aromatic carboxylic acids is 1. The quantitative estimate of drug-likeness (QED) is 0.879. The number of rotatable bonds is 5. The largest absolute Gasteiger partial charge is 0.493 e. The zero-order chi connectivity index (χ0) is 15.4. The zero-order valence-electron chi connectivity index (χ0n) is 11.4. The molecule has 21 heavy (non-hydrogen) atoms. The van der Waals surface area contributed by atoms with Crippen LogP contribution in [0, 0.1) is 11.3 Å². The van der Waals surface area contributed by atoms with Crippen molar-refractivity contribution in [3.8, 4) is 28.8 Å². The van der Waals surface area contributed by atoms with Gasteiger partial charge in [0.2, 0.25) is 0 Å². The Hall–Kier alpha value is -3.08. The van der Waals surface area contributed by atoms with Crippen LogP contribution >= 0.6 is 0 Å². The summed E-state index contributed by atoms with van der Waals surface area (Å²) in [5.41, 5.74) is 0.535. The first kappa shape index (κ1) is 14.3. The highest BCUT2D eigenvalue weighted by Gasteiger charge is 2.21. The summed E-state index contributed by atoms with van der Waals surface area (Å²) in [5, 5.41) is 25.3. The number of hydrogen-bond acceptors (Lipinski definition) is 6. The molecule has 8 nitrogen and oxygen atoms in total. The first-order valence-electron chi connectivity index (χ1n) is 5.88. The number of methoxy groups -OCH3 is 2. The van der Waals surface area contributed by atoms with Crippen LogP contribution in [0.4, 0.5) is 0 Å². The summed E-state index contributed by atoms with van der Waals surface area (Å²) in [5.74, 6) is -0.266. The Morgan fingerprint density at radius 3 is 2.67 bits per heavy atom. The van der Waals surface area contributed by atoms with Crippen LogP contribution in [0.15, 0.2) is 18.2 Å². The molecule has 0 saturated heterocycles. The van der Waals surface area contributed by atoms with Gasteiger partial charge >= 0.3 is 5.97 Å². The van der Waals surface area contributed by atoms with Crippen molar-refractivity contribution >= 4 is 5.97 Å². The lowest BCUT2D eigenvalue weighted by atomic mass is 10.1. The molecule has 0 radical (unpaired) electrons. The van der Waals surface area contributed by atoms with Gasteiger partial charge in [0.1, 0.15) is 12.2 Å². The monoisotopic (exact) mass is 288 g/mol. The molecular weight excluding hydrogens is 276 g/mol. The summed E-state index contributed by atoms with van der Waals surface area (Å²) in [7, 11) is 2.98. The Balaban J connectivity index is 2.62. The average Bonchev–Trinajstić information content (AvgIpc) is 2.91. The van der Waals surface area contributed by atoms with Crippen LogP contribution in [-0.2, 0) is 6.54 Å². The smallest absolute Gasteiger partial charge is 0.358 e. The number of nitrogens with zero attached hydrogens (tertiary/aromatic N) is 4. The second-order valence-electron chi connectivity index (χ2n) is 3.98. The van der Waals surface area contributed by atoms with Crippen molar-refractivity contribution < 1.29 is 19.4 Å². The van der Waals surface area contributed by atoms with Gasteiger partial charge in [-0.25, -0.2) is 9.48 Å². The first-order chi connectivity index (χ1) is 10.1. The fourth-order valence-corrected chi connectivity index (χ4v) is 1.90. The molecule has 1 N–H and O–H groups in total. The summed E-state index contributed by atoms with van der Waals surface area (Å²) in [6.07, 6.45) is 0. The maximum Gasteiger partial charge on any atom is 0.358 e. The minimum absolute atomic E-state index is 0.107. The zero-order valence-corrected chi connectivity index (χ0v) is 11.4. The van der Waals surface area contributed by atoms with Gasteiger partial charge in [-0.3, -0.25) is 0 Å². The van der Waals surface area contributed by atoms with Crippen LogP contribution in [-0.4, -0.2) is 40.3 Å². The molecule has 0 bridgehead atoms. The minimum atomic E-state index is -1.22. The molecule has 0 aliphatic rings. The highest BCUT2D eigenvalue weighted by Crippen LogP contribution is 2.33. The molecule has 1 aromatic heterocycles. The molecule has 2 aromatic rings. The standard InChI is InChI=1S/C13H12N4O4/c1-20-9-4-3-8(7-10(9)21-2)12-11(13(18)19)15-16-17(12)6-5-14/h3-4,7H,6H2,1-2H3,(H,18,19). The molecule has 0 unspecified atom stereocenters. The lowest BCUT2D eigenvalue weighted by molar-refractivity contribution is 0.0691. The Morgan fingerprint density at radius 2 is 2.10 bits per heavy atom. The molecule has 1 aromatic carbocycles. The van der Waals surface area contributed by atoms with E-state index < -0.39 is 5.97 Å². The number of carboxylic acid groups (broad SMARTS) is 1. The Morgan fingerprint density at radius 1 is 1.38 bits per heavy atom. The highest BCUT2D eigenvalue weighted by atomic mass is 16.5. The van der Waals surface area contributed by atoms with Gasteiger partial charge in [0.05, 0.1) is 20.3 Å². The number of ether oxygens (including phenoxy) is 2. The van der Waals surface area contributed by atoms with E-state index in [1.165, 1.54) is 18.9 Å². The van der Waals surface area contributed by atoms with E-state index >= 15 is 0 Å².